The zero-order chi connectivity index (χ0) is 36.0. The summed E-state index contributed by atoms with van der Waals surface area (Å²) in [6.45, 7) is 40.2. The van der Waals surface area contributed by atoms with Crippen molar-refractivity contribution in [3.8, 4) is 0 Å². The van der Waals surface area contributed by atoms with E-state index in [-0.39, 0.29) is 0 Å². The molecular weight excluding hydrogens is 610 g/mol. The first-order valence-corrected chi connectivity index (χ1v) is 17.7. The molecule has 2 aliphatic heterocycles. The predicted octanol–water partition coefficient (Wildman–Crippen LogP) is 10.5. The third-order valence-corrected chi connectivity index (χ3v) is 9.06. The van der Waals surface area contributed by atoms with E-state index in [1.54, 1.807) is 6.20 Å². The van der Waals surface area contributed by atoms with Gasteiger partial charge in [-0.2, -0.15) is 0 Å². The van der Waals surface area contributed by atoms with E-state index in [0.29, 0.717) is 5.92 Å². The van der Waals surface area contributed by atoms with E-state index in [2.05, 4.69) is 117 Å². The second-order valence-electron chi connectivity index (χ2n) is 12.5. The zero-order valence-electron chi connectivity index (χ0n) is 31.2. The number of piperazine rings is 1. The minimum Gasteiger partial charge on any atom is -0.372 e. The SMILES string of the molecule is C=C(NCC(C)C)N1CCN(C(=C)c2ccc(C)cc2C)CC1.C=CCCc1ccc(/C(=C/C)N2C=CN=C(C)C2=C)c(Cl)c1C.CC. The molecule has 1 saturated heterocycles. The Morgan fingerprint density at radius 1 is 0.979 bits per heavy atom. The minimum atomic E-state index is 0.636. The van der Waals surface area contributed by atoms with Gasteiger partial charge in [-0.15, -0.1) is 6.58 Å². The van der Waals surface area contributed by atoms with Gasteiger partial charge in [-0.3, -0.25) is 4.99 Å². The van der Waals surface area contributed by atoms with Crippen LogP contribution in [0.1, 0.15) is 81.3 Å². The standard InChI is InChI=1S/C20H23ClN2.C20H31N3.C2H6/c1-6-8-9-17-10-11-18(20(21)14(17)3)19(7-2)23-13-12-22-15(4)16(23)5;1-15(2)14-21-19(6)23-11-9-22(10-12-23)18(5)20-8-7-16(3)13-17(20)4;1-2/h6-7,10-13H,1,5,8-9H2,2-4H3;7-8,13,15,21H,5-6,9-12,14H2,1-4H3;1-2H3/b19-7-;;. The lowest BCUT2D eigenvalue weighted by Gasteiger charge is -2.39. The summed E-state index contributed by atoms with van der Waals surface area (Å²) in [5.74, 6) is 1.69. The Morgan fingerprint density at radius 3 is 2.19 bits per heavy atom. The van der Waals surface area contributed by atoms with Crippen LogP contribution in [0.5, 0.6) is 0 Å². The van der Waals surface area contributed by atoms with Crippen molar-refractivity contribution in [3.05, 3.63) is 131 Å². The molecule has 2 aliphatic rings. The van der Waals surface area contributed by atoms with E-state index in [1.807, 2.05) is 44.9 Å². The number of benzene rings is 2. The van der Waals surface area contributed by atoms with Gasteiger partial charge in [0.15, 0.2) is 0 Å². The summed E-state index contributed by atoms with van der Waals surface area (Å²) in [6.07, 6.45) is 9.60. The van der Waals surface area contributed by atoms with E-state index in [9.17, 15) is 0 Å². The van der Waals surface area contributed by atoms with Crippen LogP contribution in [0.15, 0.2) is 97.7 Å². The van der Waals surface area contributed by atoms with E-state index in [0.717, 1.165) is 90.3 Å². The van der Waals surface area contributed by atoms with Gasteiger partial charge in [0.05, 0.1) is 27.9 Å². The fourth-order valence-corrected chi connectivity index (χ4v) is 5.92. The van der Waals surface area contributed by atoms with Crippen LogP contribution >= 0.6 is 11.6 Å². The van der Waals surface area contributed by atoms with Gasteiger partial charge in [0.2, 0.25) is 0 Å². The minimum absolute atomic E-state index is 0.636. The van der Waals surface area contributed by atoms with Crippen molar-refractivity contribution >= 4 is 28.7 Å². The maximum Gasteiger partial charge on any atom is 0.0940 e. The fourth-order valence-electron chi connectivity index (χ4n) is 5.64. The highest BCUT2D eigenvalue weighted by Gasteiger charge is 2.21. The monoisotopic (exact) mass is 669 g/mol. The molecule has 1 fully saturated rings. The quantitative estimate of drug-likeness (QED) is 0.241. The molecule has 2 aromatic rings. The number of rotatable bonds is 11. The average molecular weight is 670 g/mol. The molecule has 260 valence electrons. The van der Waals surface area contributed by atoms with E-state index >= 15 is 0 Å². The Hall–Kier alpha value is -3.96. The molecular formula is C42H60ClN5. The smallest absolute Gasteiger partial charge is 0.0940 e. The first-order valence-electron chi connectivity index (χ1n) is 17.3. The summed E-state index contributed by atoms with van der Waals surface area (Å²) < 4.78 is 0. The molecule has 0 bridgehead atoms. The van der Waals surface area contributed by atoms with Crippen molar-refractivity contribution in [2.24, 2.45) is 10.9 Å². The van der Waals surface area contributed by atoms with Crippen LogP contribution in [0.25, 0.3) is 11.4 Å². The molecule has 0 radical (unpaired) electrons. The zero-order valence-corrected chi connectivity index (χ0v) is 32.0. The Kier molecular flexibility index (Phi) is 16.6. The Labute approximate surface area is 297 Å². The second kappa shape index (κ2) is 19.8. The third kappa shape index (κ3) is 10.8. The predicted molar refractivity (Wildman–Crippen MR) is 213 cm³/mol. The Morgan fingerprint density at radius 2 is 1.60 bits per heavy atom. The number of nitrogens with zero attached hydrogens (tertiary/aromatic N) is 4. The second-order valence-corrected chi connectivity index (χ2v) is 12.9. The third-order valence-electron chi connectivity index (χ3n) is 8.57. The highest BCUT2D eigenvalue weighted by molar-refractivity contribution is 6.33. The largest absolute Gasteiger partial charge is 0.372 e. The van der Waals surface area contributed by atoms with E-state index < -0.39 is 0 Å². The van der Waals surface area contributed by atoms with Crippen LogP contribution in [0.2, 0.25) is 5.02 Å². The lowest BCUT2D eigenvalue weighted by atomic mass is 9.98. The molecule has 0 saturated carbocycles. The molecule has 5 nitrogen and oxygen atoms in total. The maximum absolute atomic E-state index is 6.68. The molecule has 2 heterocycles. The first-order chi connectivity index (χ1) is 22.9. The number of aryl methyl sites for hydroxylation is 3. The molecule has 48 heavy (non-hydrogen) atoms. The number of hydrogen-bond donors (Lipinski definition) is 1. The molecule has 0 aliphatic carbocycles. The average Bonchev–Trinajstić information content (AvgIpc) is 3.08. The number of hydrogen-bond acceptors (Lipinski definition) is 5. The van der Waals surface area contributed by atoms with E-state index in [1.165, 1.54) is 22.3 Å². The van der Waals surface area contributed by atoms with Crippen molar-refractivity contribution < 1.29 is 0 Å². The lowest BCUT2D eigenvalue weighted by Crippen LogP contribution is -2.47. The molecule has 2 aromatic carbocycles. The van der Waals surface area contributed by atoms with Crippen molar-refractivity contribution in [1.82, 2.24) is 20.0 Å². The summed E-state index contributed by atoms with van der Waals surface area (Å²) in [5, 5.41) is 4.23. The molecule has 0 atom stereocenters. The van der Waals surface area contributed by atoms with Crippen molar-refractivity contribution in [3.63, 3.8) is 0 Å². The van der Waals surface area contributed by atoms with E-state index in [4.69, 9.17) is 11.6 Å². The van der Waals surface area contributed by atoms with Crippen LogP contribution in [0.4, 0.5) is 0 Å². The lowest BCUT2D eigenvalue weighted by molar-refractivity contribution is 0.203. The topological polar surface area (TPSA) is 34.1 Å². The molecule has 4 rings (SSSR count). The number of allylic oxidation sites excluding steroid dienone is 3. The molecule has 1 N–H and O–H groups in total. The first kappa shape index (κ1) is 40.2. The summed E-state index contributed by atoms with van der Waals surface area (Å²) in [4.78, 5) is 11.1. The molecule has 0 amide bonds. The van der Waals surface area contributed by atoms with Gasteiger partial charge in [-0.25, -0.2) is 0 Å². The van der Waals surface area contributed by atoms with Gasteiger partial charge >= 0.3 is 0 Å². The summed E-state index contributed by atoms with van der Waals surface area (Å²) in [5.41, 5.74) is 11.2. The number of aliphatic imine (C=N–C) groups is 1. The van der Waals surface area contributed by atoms with Crippen LogP contribution in [0.3, 0.4) is 0 Å². The maximum atomic E-state index is 6.68. The van der Waals surface area contributed by atoms with Gasteiger partial charge in [-0.05, 0) is 70.1 Å². The van der Waals surface area contributed by atoms with Crippen LogP contribution in [-0.4, -0.2) is 53.1 Å². The summed E-state index contributed by atoms with van der Waals surface area (Å²) in [7, 11) is 0. The molecule has 0 spiro atoms. The fraction of sp³-hybridized carbons (Fsp3) is 0.405. The van der Waals surface area contributed by atoms with Crippen LogP contribution in [-0.2, 0) is 6.42 Å². The van der Waals surface area contributed by atoms with Gasteiger partial charge in [0.1, 0.15) is 0 Å². The van der Waals surface area contributed by atoms with Gasteiger partial charge in [-0.1, -0.05) is 107 Å². The summed E-state index contributed by atoms with van der Waals surface area (Å²) >= 11 is 6.68. The van der Waals surface area contributed by atoms with Crippen molar-refractivity contribution in [2.75, 3.05) is 32.7 Å². The van der Waals surface area contributed by atoms with Crippen LogP contribution < -0.4 is 5.32 Å². The highest BCUT2D eigenvalue weighted by atomic mass is 35.5. The van der Waals surface area contributed by atoms with Gasteiger partial charge in [0.25, 0.3) is 0 Å². The molecule has 6 heteroatoms. The molecule has 0 unspecified atom stereocenters. The molecule has 0 aromatic heterocycles. The number of nitrogens with one attached hydrogen (secondary N) is 1. The Balaban J connectivity index is 0.000000317. The van der Waals surface area contributed by atoms with Crippen LogP contribution in [0, 0.1) is 26.7 Å². The number of halogens is 1. The van der Waals surface area contributed by atoms with Gasteiger partial charge in [0, 0.05) is 61.9 Å². The highest BCUT2D eigenvalue weighted by Crippen LogP contribution is 2.34. The van der Waals surface area contributed by atoms with Crippen molar-refractivity contribution in [2.45, 2.75) is 75.2 Å². The Bertz CT molecular complexity index is 1520. The normalized spacial score (nSPS) is 14.5. The summed E-state index contributed by atoms with van der Waals surface area (Å²) in [6, 6.07) is 10.8. The van der Waals surface area contributed by atoms with Gasteiger partial charge < -0.3 is 20.0 Å². The van der Waals surface area contributed by atoms with Crippen molar-refractivity contribution in [1.29, 1.82) is 0 Å².